The molecule has 1 atom stereocenters. The molecule has 0 saturated carbocycles. The zero-order valence-electron chi connectivity index (χ0n) is 19.5. The molecule has 7 N–H and O–H groups in total. The van der Waals surface area contributed by atoms with Crippen molar-refractivity contribution in [1.82, 2.24) is 20.3 Å². The first-order chi connectivity index (χ1) is 15.4. The molecule has 1 aromatic rings. The van der Waals surface area contributed by atoms with Crippen molar-refractivity contribution in [2.45, 2.75) is 90.0 Å². The van der Waals surface area contributed by atoms with Gasteiger partial charge in [-0.05, 0) is 42.5 Å². The van der Waals surface area contributed by atoms with Crippen molar-refractivity contribution in [2.75, 3.05) is 18.4 Å². The maximum absolute atomic E-state index is 12.7. The van der Waals surface area contributed by atoms with E-state index in [0.29, 0.717) is 25.9 Å². The second kappa shape index (κ2) is 19.9. The van der Waals surface area contributed by atoms with Crippen molar-refractivity contribution in [1.29, 1.82) is 0 Å². The molecule has 0 saturated heterocycles. The zero-order chi connectivity index (χ0) is 23.6. The first kappa shape index (κ1) is 31.4. The number of aromatic nitrogens is 3. The second-order valence-electron chi connectivity index (χ2n) is 7.89. The molecule has 33 heavy (non-hydrogen) atoms. The number of halogens is 3. The van der Waals surface area contributed by atoms with Crippen LogP contribution in [0.25, 0.3) is 0 Å². The van der Waals surface area contributed by atoms with Crippen LogP contribution < -0.4 is 39.5 Å². The molecular formula is C21H39Cl3N8O. The van der Waals surface area contributed by atoms with E-state index in [1.54, 1.807) is 0 Å². The van der Waals surface area contributed by atoms with Crippen LogP contribution in [0.2, 0.25) is 10.6 Å². The fraction of sp³-hybridized carbons (Fsp3) is 0.762. The molecule has 0 bridgehead atoms. The number of carbonyl (C=O) groups is 1. The Bertz CT molecular complexity index is 669. The van der Waals surface area contributed by atoms with Gasteiger partial charge < -0.3 is 23.0 Å². The van der Waals surface area contributed by atoms with Crippen LogP contribution in [-0.4, -0.2) is 46.0 Å². The van der Waals surface area contributed by atoms with E-state index in [1.165, 1.54) is 51.4 Å². The summed E-state index contributed by atoms with van der Waals surface area (Å²) in [7, 11) is 0. The summed E-state index contributed by atoms with van der Waals surface area (Å²) < 4.78 is 0. The molecule has 0 aliphatic carbocycles. The summed E-state index contributed by atoms with van der Waals surface area (Å²) in [4.78, 5) is 27.2. The van der Waals surface area contributed by atoms with E-state index >= 15 is 0 Å². The fourth-order valence-corrected chi connectivity index (χ4v) is 3.66. The average molecular weight is 526 g/mol. The van der Waals surface area contributed by atoms with Gasteiger partial charge in [0, 0.05) is 6.54 Å². The lowest BCUT2D eigenvalue weighted by Crippen LogP contribution is -3.00. The number of nitrogens with two attached hydrogens (primary N) is 2. The van der Waals surface area contributed by atoms with Crippen LogP contribution in [0.3, 0.4) is 0 Å². The largest absolute Gasteiger partial charge is 1.00 e. The van der Waals surface area contributed by atoms with Crippen molar-refractivity contribution >= 4 is 41.0 Å². The van der Waals surface area contributed by atoms with Crippen LogP contribution in [-0.2, 0) is 4.79 Å². The van der Waals surface area contributed by atoms with Crippen LogP contribution in [0, 0.1) is 0 Å². The Labute approximate surface area is 213 Å². The predicted octanol–water partition coefficient (Wildman–Crippen LogP) is -0.866. The lowest BCUT2D eigenvalue weighted by molar-refractivity contribution is -0.459. The number of nitrogens with one attached hydrogen (secondary N) is 3. The number of hydrogen-bond acceptors (Lipinski definition) is 5. The number of carbonyl (C=O) groups excluding carboxylic acids is 1. The smallest absolute Gasteiger partial charge is 0.338 e. The Kier molecular flexibility index (Phi) is 18.9. The third kappa shape index (κ3) is 16.6. The Hall–Kier alpha value is -1.58. The summed E-state index contributed by atoms with van der Waals surface area (Å²) in [5.41, 5.74) is 10.8. The number of unbranched alkanes of at least 4 members (excludes halogenated alkanes) is 9. The van der Waals surface area contributed by atoms with Crippen molar-refractivity contribution in [3.63, 3.8) is 0 Å². The first-order valence-corrected chi connectivity index (χ1v) is 12.4. The maximum atomic E-state index is 12.7. The van der Waals surface area contributed by atoms with Gasteiger partial charge in [0.25, 0.3) is 0 Å². The Morgan fingerprint density at radius 2 is 1.45 bits per heavy atom. The van der Waals surface area contributed by atoms with E-state index in [4.69, 9.17) is 34.7 Å². The van der Waals surface area contributed by atoms with Gasteiger partial charge in [0.05, 0.1) is 6.54 Å². The Morgan fingerprint density at radius 3 is 2.00 bits per heavy atom. The summed E-state index contributed by atoms with van der Waals surface area (Å²) in [6, 6.07) is -0.548. The number of hydrogen-bond donors (Lipinski definition) is 5. The van der Waals surface area contributed by atoms with Crippen LogP contribution >= 0.6 is 23.2 Å². The molecule has 1 heterocycles. The van der Waals surface area contributed by atoms with E-state index in [1.807, 2.05) is 0 Å². The summed E-state index contributed by atoms with van der Waals surface area (Å²) in [6.07, 6.45) is 13.7. The molecule has 9 nitrogen and oxygen atoms in total. The summed E-state index contributed by atoms with van der Waals surface area (Å²) in [5, 5.41) is 5.92. The van der Waals surface area contributed by atoms with Crippen LogP contribution in [0.1, 0.15) is 84.0 Å². The van der Waals surface area contributed by atoms with E-state index in [0.717, 1.165) is 12.8 Å². The van der Waals surface area contributed by atoms with Gasteiger partial charge in [-0.1, -0.05) is 64.7 Å². The number of guanidine groups is 1. The number of nitrogens with zero attached hydrogens (tertiary/aromatic N) is 3. The summed E-state index contributed by atoms with van der Waals surface area (Å²) in [5.74, 6) is 0.182. The molecule has 1 amide bonds. The highest BCUT2D eigenvalue weighted by atomic mass is 35.5. The van der Waals surface area contributed by atoms with Crippen molar-refractivity contribution in [3.8, 4) is 0 Å². The molecule has 0 aliphatic heterocycles. The molecule has 0 radical (unpaired) electrons. The van der Waals surface area contributed by atoms with Gasteiger partial charge >= 0.3 is 5.96 Å². The number of anilines is 1. The van der Waals surface area contributed by atoms with Gasteiger partial charge in [-0.25, -0.2) is 0 Å². The molecule has 1 aromatic heterocycles. The maximum Gasteiger partial charge on any atom is 0.338 e. The molecule has 12 heteroatoms. The monoisotopic (exact) mass is 524 g/mol. The van der Waals surface area contributed by atoms with Gasteiger partial charge in [-0.3, -0.25) is 21.3 Å². The average Bonchev–Trinajstić information content (AvgIpc) is 2.73. The van der Waals surface area contributed by atoms with Gasteiger partial charge in [-0.15, -0.1) is 0 Å². The first-order valence-electron chi connectivity index (χ1n) is 11.7. The lowest BCUT2D eigenvalue weighted by Gasteiger charge is -2.18. The summed E-state index contributed by atoms with van der Waals surface area (Å²) >= 11 is 11.7. The zero-order valence-corrected chi connectivity index (χ0v) is 21.8. The minimum absolute atomic E-state index is 0. The third-order valence-corrected chi connectivity index (χ3v) is 5.37. The quantitative estimate of drug-likeness (QED) is 0.0951. The standard InChI is InChI=1S/C21H38Cl2N8O.ClH/c1-2-3-4-5-6-7-8-9-10-11-14-26-17(32)16(13-12-15-27-20(24)25)28-21-30-18(22)29-19(23)31-21;/h16H,2-15H2,1H3,(H,26,32)(H4,24,25,27)(H,28,29,30,31);1H/t16-;/m0./s1. The minimum atomic E-state index is -0.548. The van der Waals surface area contributed by atoms with Crippen molar-refractivity contribution in [2.24, 2.45) is 11.5 Å². The predicted molar refractivity (Wildman–Crippen MR) is 131 cm³/mol. The lowest BCUT2D eigenvalue weighted by atomic mass is 10.1. The highest BCUT2D eigenvalue weighted by Crippen LogP contribution is 2.13. The molecule has 0 spiro atoms. The van der Waals surface area contributed by atoms with Gasteiger partial charge in [0.2, 0.25) is 22.4 Å². The topological polar surface area (TPSA) is 146 Å². The van der Waals surface area contributed by atoms with Gasteiger partial charge in [0.1, 0.15) is 6.04 Å². The molecule has 0 unspecified atom stereocenters. The third-order valence-electron chi connectivity index (χ3n) is 5.03. The van der Waals surface area contributed by atoms with Crippen LogP contribution in [0.15, 0.2) is 0 Å². The van der Waals surface area contributed by atoms with Gasteiger partial charge in [-0.2, -0.15) is 15.0 Å². The molecule has 0 aliphatic rings. The van der Waals surface area contributed by atoms with E-state index in [2.05, 4.69) is 37.5 Å². The number of rotatable bonds is 18. The SMILES string of the molecule is CCCCCCCCCCCCNC(=O)[C@H](CCC[NH+]=C(N)N)Nc1nc(Cl)nc(Cl)n1.[Cl-]. The molecule has 1 rings (SSSR count). The molecular weight excluding hydrogens is 487 g/mol. The molecule has 0 fully saturated rings. The molecule has 190 valence electrons. The summed E-state index contributed by atoms with van der Waals surface area (Å²) in [6.45, 7) is 3.42. The van der Waals surface area contributed by atoms with Gasteiger partial charge in [0.15, 0.2) is 0 Å². The van der Waals surface area contributed by atoms with E-state index in [-0.39, 0.29) is 40.8 Å². The van der Waals surface area contributed by atoms with E-state index in [9.17, 15) is 4.79 Å². The van der Waals surface area contributed by atoms with Crippen LogP contribution in [0.4, 0.5) is 5.95 Å². The normalized spacial score (nSPS) is 11.4. The van der Waals surface area contributed by atoms with Crippen LogP contribution in [0.5, 0.6) is 0 Å². The molecule has 0 aromatic carbocycles. The van der Waals surface area contributed by atoms with E-state index < -0.39 is 6.04 Å². The highest BCUT2D eigenvalue weighted by Gasteiger charge is 2.19. The second-order valence-corrected chi connectivity index (χ2v) is 8.57. The highest BCUT2D eigenvalue weighted by molar-refractivity contribution is 6.31. The van der Waals surface area contributed by atoms with Crippen molar-refractivity contribution in [3.05, 3.63) is 10.6 Å². The fourth-order valence-electron chi connectivity index (χ4n) is 3.30. The Morgan fingerprint density at radius 1 is 0.909 bits per heavy atom. The minimum Gasteiger partial charge on any atom is -1.00 e. The number of amides is 1. The van der Waals surface area contributed by atoms with Crippen molar-refractivity contribution < 1.29 is 22.2 Å². The Balaban J connectivity index is 0.0000102.